The van der Waals surface area contributed by atoms with Gasteiger partial charge >= 0.3 is 11.9 Å². The number of rotatable bonds is 6. The number of fused-ring (bicyclic) bond motifs is 1. The van der Waals surface area contributed by atoms with Crippen molar-refractivity contribution in [1.82, 2.24) is 4.90 Å². The van der Waals surface area contributed by atoms with E-state index in [1.807, 2.05) is 30.3 Å². The van der Waals surface area contributed by atoms with Crippen LogP contribution in [0.1, 0.15) is 33.3 Å². The summed E-state index contributed by atoms with van der Waals surface area (Å²) in [7, 11) is 0. The second-order valence-electron chi connectivity index (χ2n) is 8.24. The summed E-state index contributed by atoms with van der Waals surface area (Å²) in [5, 5.41) is -0.229. The number of benzene rings is 1. The highest BCUT2D eigenvalue weighted by molar-refractivity contribution is 8.05. The van der Waals surface area contributed by atoms with Crippen LogP contribution in [-0.2, 0) is 23.9 Å². The number of amides is 1. The number of ether oxygens (including phenoxy) is 2. The molecule has 0 aliphatic carbocycles. The Morgan fingerprint density at radius 3 is 2.53 bits per heavy atom. The predicted octanol–water partition coefficient (Wildman–Crippen LogP) is 3.81. The molecule has 2 aliphatic rings. The van der Waals surface area contributed by atoms with E-state index >= 15 is 0 Å². The number of carbonyl (C=O) groups excluding carboxylic acids is 3. The van der Waals surface area contributed by atoms with E-state index in [2.05, 4.69) is 4.99 Å². The summed E-state index contributed by atoms with van der Waals surface area (Å²) in [5.41, 5.74) is 0.589. The monoisotopic (exact) mass is 496 g/mol. The van der Waals surface area contributed by atoms with Crippen LogP contribution >= 0.6 is 35.1 Å². The Morgan fingerprint density at radius 1 is 1.31 bits per heavy atom. The van der Waals surface area contributed by atoms with E-state index < -0.39 is 27.8 Å². The van der Waals surface area contributed by atoms with Crippen LogP contribution in [0.25, 0.3) is 0 Å². The molecule has 2 atom stereocenters. The van der Waals surface area contributed by atoms with E-state index in [1.54, 1.807) is 27.0 Å². The summed E-state index contributed by atoms with van der Waals surface area (Å²) in [6.07, 6.45) is 1.79. The van der Waals surface area contributed by atoms with Gasteiger partial charge in [-0.25, -0.2) is 9.79 Å². The van der Waals surface area contributed by atoms with Gasteiger partial charge in [-0.05, 0) is 27.0 Å². The number of hydrogen-bond acceptors (Lipinski definition) is 8. The van der Waals surface area contributed by atoms with Gasteiger partial charge in [-0.1, -0.05) is 41.9 Å². The Labute approximate surface area is 200 Å². The highest BCUT2D eigenvalue weighted by Crippen LogP contribution is 2.53. The maximum Gasteiger partial charge on any atom is 0.355 e. The molecule has 1 fully saturated rings. The number of nitrogens with zero attached hydrogens (tertiary/aromatic N) is 2. The summed E-state index contributed by atoms with van der Waals surface area (Å²) in [6, 6.07) is 9.19. The lowest BCUT2D eigenvalue weighted by Gasteiger charge is -2.54. The number of aliphatic imine (C=N–C) groups is 1. The quantitative estimate of drug-likeness (QED) is 0.336. The Hall–Kier alpha value is -1.97. The molecular weight excluding hydrogens is 472 g/mol. The fourth-order valence-electron chi connectivity index (χ4n) is 3.31. The van der Waals surface area contributed by atoms with Gasteiger partial charge in [0.15, 0.2) is 0 Å². The summed E-state index contributed by atoms with van der Waals surface area (Å²) in [5.74, 6) is -1.08. The fraction of sp³-hybridized carbons (Fsp3) is 0.455. The van der Waals surface area contributed by atoms with Crippen LogP contribution < -0.4 is 0 Å². The zero-order valence-corrected chi connectivity index (χ0v) is 20.9. The third-order valence-corrected chi connectivity index (χ3v) is 7.66. The predicted molar refractivity (Wildman–Crippen MR) is 128 cm³/mol. The van der Waals surface area contributed by atoms with Gasteiger partial charge in [-0.2, -0.15) is 0 Å². The van der Waals surface area contributed by atoms with Crippen molar-refractivity contribution in [2.45, 2.75) is 43.5 Å². The average Bonchev–Trinajstić information content (AvgIpc) is 2.74. The van der Waals surface area contributed by atoms with E-state index in [1.165, 1.54) is 35.3 Å². The van der Waals surface area contributed by atoms with Gasteiger partial charge in [0.05, 0.1) is 0 Å². The van der Waals surface area contributed by atoms with Crippen LogP contribution in [0.2, 0.25) is 0 Å². The second-order valence-corrected chi connectivity index (χ2v) is 10.7. The van der Waals surface area contributed by atoms with E-state index in [0.29, 0.717) is 16.9 Å². The van der Waals surface area contributed by atoms with Gasteiger partial charge in [0.1, 0.15) is 28.4 Å². The lowest BCUT2D eigenvalue weighted by atomic mass is 10.0. The standard InChI is InChI=1S/C22H25ClN2O5S2/c1-13(26)29-11-15-12-32-20-22(31-5,24-17(23)14-9-7-6-8-10-14)19(28)25(20)16(15)18(27)30-21(2,3)4/h6-10,20H,11-12H2,1-5H3/t20-,22+/m1/s1. The zero-order chi connectivity index (χ0) is 23.7. The molecule has 10 heteroatoms. The molecule has 1 saturated heterocycles. The minimum Gasteiger partial charge on any atom is -0.461 e. The molecule has 2 heterocycles. The summed E-state index contributed by atoms with van der Waals surface area (Å²) in [6.45, 7) is 6.45. The molecule has 0 bridgehead atoms. The molecule has 0 unspecified atom stereocenters. The molecule has 0 saturated carbocycles. The van der Waals surface area contributed by atoms with Crippen molar-refractivity contribution in [3.8, 4) is 0 Å². The number of esters is 2. The van der Waals surface area contributed by atoms with Crippen LogP contribution in [0.5, 0.6) is 0 Å². The molecule has 0 aromatic heterocycles. The second kappa shape index (κ2) is 9.49. The molecule has 1 amide bonds. The molecule has 1 aromatic carbocycles. The zero-order valence-electron chi connectivity index (χ0n) is 18.5. The maximum atomic E-state index is 13.5. The molecule has 172 valence electrons. The van der Waals surface area contributed by atoms with Crippen LogP contribution in [0.15, 0.2) is 46.6 Å². The molecular formula is C22H25ClN2O5S2. The number of halogens is 1. The SMILES string of the molecule is CS[C@@]1(N=C(Cl)c2ccccc2)C(=O)N2C(C(=O)OC(C)(C)C)=C(COC(C)=O)CS[C@@H]21. The van der Waals surface area contributed by atoms with Crippen LogP contribution in [-0.4, -0.2) is 62.4 Å². The largest absolute Gasteiger partial charge is 0.461 e. The lowest BCUT2D eigenvalue weighted by Crippen LogP contribution is -2.71. The third kappa shape index (κ3) is 4.84. The third-order valence-electron chi connectivity index (χ3n) is 4.72. The Balaban J connectivity index is 1.99. The van der Waals surface area contributed by atoms with Crippen molar-refractivity contribution in [3.05, 3.63) is 47.2 Å². The van der Waals surface area contributed by atoms with Gasteiger partial charge in [-0.3, -0.25) is 14.5 Å². The van der Waals surface area contributed by atoms with Gasteiger partial charge in [0.25, 0.3) is 5.91 Å². The minimum atomic E-state index is -1.17. The molecule has 0 spiro atoms. The smallest absolute Gasteiger partial charge is 0.355 e. The van der Waals surface area contributed by atoms with Gasteiger partial charge in [0, 0.05) is 23.8 Å². The molecule has 2 aliphatic heterocycles. The van der Waals surface area contributed by atoms with Gasteiger partial charge < -0.3 is 9.47 Å². The highest BCUT2D eigenvalue weighted by atomic mass is 35.5. The lowest BCUT2D eigenvalue weighted by molar-refractivity contribution is -0.159. The van der Waals surface area contributed by atoms with Gasteiger partial charge in [0.2, 0.25) is 4.87 Å². The molecule has 1 aromatic rings. The van der Waals surface area contributed by atoms with Crippen molar-refractivity contribution in [1.29, 1.82) is 0 Å². The number of thioether (sulfide) groups is 2. The summed E-state index contributed by atoms with van der Waals surface area (Å²) < 4.78 is 10.7. The molecule has 0 radical (unpaired) electrons. The normalized spacial score (nSPS) is 23.4. The Morgan fingerprint density at radius 2 is 1.97 bits per heavy atom. The topological polar surface area (TPSA) is 85.3 Å². The van der Waals surface area contributed by atoms with E-state index in [9.17, 15) is 14.4 Å². The first-order chi connectivity index (χ1) is 15.0. The number of carbonyl (C=O) groups is 3. The first-order valence-electron chi connectivity index (χ1n) is 9.90. The maximum absolute atomic E-state index is 13.5. The van der Waals surface area contributed by atoms with Crippen LogP contribution in [0.4, 0.5) is 0 Å². The average molecular weight is 497 g/mol. The number of β-lactam (4-membered cyclic amide) rings is 1. The first kappa shape index (κ1) is 24.7. The van der Waals surface area contributed by atoms with Crippen molar-refractivity contribution in [2.24, 2.45) is 4.99 Å². The fourth-order valence-corrected chi connectivity index (χ4v) is 6.18. The van der Waals surface area contributed by atoms with Crippen LogP contribution in [0, 0.1) is 0 Å². The molecule has 3 rings (SSSR count). The Kier molecular flexibility index (Phi) is 7.31. The van der Waals surface area contributed by atoms with Crippen molar-refractivity contribution >= 4 is 58.1 Å². The van der Waals surface area contributed by atoms with Crippen molar-refractivity contribution in [3.63, 3.8) is 0 Å². The van der Waals surface area contributed by atoms with Crippen LogP contribution in [0.3, 0.4) is 0 Å². The molecule has 32 heavy (non-hydrogen) atoms. The number of hydrogen-bond donors (Lipinski definition) is 0. The summed E-state index contributed by atoms with van der Waals surface area (Å²) >= 11 is 9.20. The van der Waals surface area contributed by atoms with E-state index in [0.717, 1.165) is 0 Å². The van der Waals surface area contributed by atoms with Crippen molar-refractivity contribution < 1.29 is 23.9 Å². The molecule has 7 nitrogen and oxygen atoms in total. The minimum absolute atomic E-state index is 0.0896. The van der Waals surface area contributed by atoms with Gasteiger partial charge in [-0.15, -0.1) is 23.5 Å². The first-order valence-corrected chi connectivity index (χ1v) is 12.5. The summed E-state index contributed by atoms with van der Waals surface area (Å²) in [4.78, 5) is 42.7. The van der Waals surface area contributed by atoms with Crippen molar-refractivity contribution in [2.75, 3.05) is 18.6 Å². The highest BCUT2D eigenvalue weighted by Gasteiger charge is 2.65. The molecule has 0 N–H and O–H groups in total. The van der Waals surface area contributed by atoms with E-state index in [-0.39, 0.29) is 23.4 Å². The Bertz CT molecular complexity index is 990. The van der Waals surface area contributed by atoms with E-state index in [4.69, 9.17) is 21.1 Å².